The lowest BCUT2D eigenvalue weighted by Crippen LogP contribution is -2.54. The number of carboxylic acids is 1. The molecule has 0 radical (unpaired) electrons. The molecule has 3 rings (SSSR count). The van der Waals surface area contributed by atoms with Crippen LogP contribution in [0.15, 0.2) is 48.5 Å². The van der Waals surface area contributed by atoms with Crippen LogP contribution in [0.4, 0.5) is 4.79 Å². The van der Waals surface area contributed by atoms with Gasteiger partial charge in [-0.2, -0.15) is 0 Å². The SMILES string of the molecule is COC(C)C(NC(=O)OCC1c2ccccc2-c2ccccc21)C(=O)NC[C@H](O)C(=O)O. The molecule has 0 aliphatic heterocycles. The van der Waals surface area contributed by atoms with Gasteiger partial charge in [0.05, 0.1) is 12.6 Å². The molecule has 170 valence electrons. The second-order valence-electron chi connectivity index (χ2n) is 7.49. The number of methoxy groups -OCH3 is 1. The summed E-state index contributed by atoms with van der Waals surface area (Å²) in [5.74, 6) is -2.30. The van der Waals surface area contributed by atoms with E-state index in [9.17, 15) is 19.5 Å². The van der Waals surface area contributed by atoms with Crippen LogP contribution in [0.1, 0.15) is 24.0 Å². The van der Waals surface area contributed by atoms with Crippen LogP contribution in [0, 0.1) is 0 Å². The zero-order valence-corrected chi connectivity index (χ0v) is 17.8. The Morgan fingerprint density at radius 1 is 1.03 bits per heavy atom. The first-order valence-electron chi connectivity index (χ1n) is 10.2. The van der Waals surface area contributed by atoms with Gasteiger partial charge in [0.2, 0.25) is 5.91 Å². The van der Waals surface area contributed by atoms with Crippen LogP contribution in [-0.4, -0.2) is 66.7 Å². The molecule has 2 aromatic rings. The van der Waals surface area contributed by atoms with Crippen molar-refractivity contribution in [1.29, 1.82) is 0 Å². The van der Waals surface area contributed by atoms with Crippen molar-refractivity contribution in [2.75, 3.05) is 20.3 Å². The number of hydrogen-bond donors (Lipinski definition) is 4. The fraction of sp³-hybridized carbons (Fsp3) is 0.348. The molecule has 1 aliphatic carbocycles. The van der Waals surface area contributed by atoms with Gasteiger partial charge in [0.15, 0.2) is 6.10 Å². The highest BCUT2D eigenvalue weighted by molar-refractivity contribution is 5.87. The van der Waals surface area contributed by atoms with Gasteiger partial charge in [-0.05, 0) is 29.2 Å². The summed E-state index contributed by atoms with van der Waals surface area (Å²) in [4.78, 5) is 35.6. The number of hydrogen-bond acceptors (Lipinski definition) is 6. The van der Waals surface area contributed by atoms with Gasteiger partial charge in [-0.1, -0.05) is 48.5 Å². The van der Waals surface area contributed by atoms with E-state index in [1.54, 1.807) is 6.92 Å². The molecule has 9 nitrogen and oxygen atoms in total. The molecule has 2 unspecified atom stereocenters. The Kier molecular flexibility index (Phi) is 7.45. The monoisotopic (exact) mass is 442 g/mol. The second kappa shape index (κ2) is 10.3. The van der Waals surface area contributed by atoms with Crippen LogP contribution >= 0.6 is 0 Å². The summed E-state index contributed by atoms with van der Waals surface area (Å²) in [5.41, 5.74) is 4.31. The lowest BCUT2D eigenvalue weighted by Gasteiger charge is -2.24. The van der Waals surface area contributed by atoms with Gasteiger partial charge in [0.1, 0.15) is 12.6 Å². The second-order valence-corrected chi connectivity index (χ2v) is 7.49. The summed E-state index contributed by atoms with van der Waals surface area (Å²) >= 11 is 0. The standard InChI is InChI=1S/C23H26N2O7/c1-13(31-2)20(21(27)24-11-19(26)22(28)29)25-23(30)32-12-18-16-9-5-3-7-14(16)15-8-4-6-10-17(15)18/h3-10,13,18-20,26H,11-12H2,1-2H3,(H,24,27)(H,25,30)(H,28,29)/t13?,19-,20?/m0/s1. The van der Waals surface area contributed by atoms with Gasteiger partial charge in [-0.25, -0.2) is 9.59 Å². The maximum atomic E-state index is 12.5. The molecule has 1 aliphatic rings. The van der Waals surface area contributed by atoms with Gasteiger partial charge in [0, 0.05) is 13.0 Å². The molecule has 2 aromatic carbocycles. The van der Waals surface area contributed by atoms with Crippen molar-refractivity contribution in [3.05, 3.63) is 59.7 Å². The quantitative estimate of drug-likeness (QED) is 0.462. The first-order chi connectivity index (χ1) is 15.3. The van der Waals surface area contributed by atoms with Crippen molar-refractivity contribution in [1.82, 2.24) is 10.6 Å². The van der Waals surface area contributed by atoms with Crippen molar-refractivity contribution in [2.45, 2.75) is 31.1 Å². The van der Waals surface area contributed by atoms with Crippen molar-refractivity contribution in [2.24, 2.45) is 0 Å². The molecule has 0 saturated heterocycles. The summed E-state index contributed by atoms with van der Waals surface area (Å²) in [5, 5.41) is 22.8. The molecule has 0 saturated carbocycles. The van der Waals surface area contributed by atoms with E-state index in [1.165, 1.54) is 7.11 Å². The van der Waals surface area contributed by atoms with E-state index >= 15 is 0 Å². The van der Waals surface area contributed by atoms with Crippen molar-refractivity contribution in [3.63, 3.8) is 0 Å². The Morgan fingerprint density at radius 2 is 1.59 bits per heavy atom. The molecule has 2 amide bonds. The maximum Gasteiger partial charge on any atom is 0.407 e. The highest BCUT2D eigenvalue weighted by Gasteiger charge is 2.31. The Hall–Kier alpha value is -3.43. The first-order valence-corrected chi connectivity index (χ1v) is 10.2. The number of aliphatic carboxylic acids is 1. The molecular weight excluding hydrogens is 416 g/mol. The number of carbonyl (C=O) groups is 3. The van der Waals surface area contributed by atoms with E-state index in [0.29, 0.717) is 0 Å². The Bertz CT molecular complexity index is 948. The lowest BCUT2D eigenvalue weighted by molar-refractivity contribution is -0.146. The number of aliphatic hydroxyl groups is 1. The van der Waals surface area contributed by atoms with Crippen molar-refractivity contribution >= 4 is 18.0 Å². The molecule has 4 N–H and O–H groups in total. The minimum absolute atomic E-state index is 0.0767. The third-order valence-corrected chi connectivity index (χ3v) is 5.50. The largest absolute Gasteiger partial charge is 0.479 e. The number of fused-ring (bicyclic) bond motifs is 3. The van der Waals surface area contributed by atoms with E-state index in [4.69, 9.17) is 14.6 Å². The predicted molar refractivity (Wildman–Crippen MR) is 115 cm³/mol. The number of carboxylic acid groups (broad SMARTS) is 1. The number of rotatable bonds is 9. The van der Waals surface area contributed by atoms with Gasteiger partial charge in [-0.15, -0.1) is 0 Å². The number of benzene rings is 2. The normalized spacial score (nSPS) is 15.1. The zero-order chi connectivity index (χ0) is 23.3. The first kappa shape index (κ1) is 23.2. The highest BCUT2D eigenvalue weighted by atomic mass is 16.5. The van der Waals surface area contributed by atoms with Gasteiger partial charge in [-0.3, -0.25) is 4.79 Å². The fourth-order valence-electron chi connectivity index (χ4n) is 3.69. The Morgan fingerprint density at radius 3 is 2.12 bits per heavy atom. The summed E-state index contributed by atoms with van der Waals surface area (Å²) in [6.07, 6.45) is -3.29. The van der Waals surface area contributed by atoms with Crippen molar-refractivity contribution < 1.29 is 34.1 Å². The average molecular weight is 442 g/mol. The van der Waals surface area contributed by atoms with Crippen LogP contribution in [0.25, 0.3) is 11.1 Å². The number of alkyl carbamates (subject to hydrolysis) is 1. The summed E-state index contributed by atoms with van der Waals surface area (Å²) in [6.45, 7) is 1.14. The average Bonchev–Trinajstić information content (AvgIpc) is 3.12. The fourth-order valence-corrected chi connectivity index (χ4v) is 3.69. The summed E-state index contributed by atoms with van der Waals surface area (Å²) in [6, 6.07) is 14.7. The molecule has 0 spiro atoms. The minimum Gasteiger partial charge on any atom is -0.479 e. The van der Waals surface area contributed by atoms with E-state index < -0.39 is 42.8 Å². The van der Waals surface area contributed by atoms with E-state index in [1.807, 2.05) is 48.5 Å². The molecule has 32 heavy (non-hydrogen) atoms. The molecule has 9 heteroatoms. The molecule has 0 aromatic heterocycles. The molecule has 0 fully saturated rings. The van der Waals surface area contributed by atoms with Gasteiger partial charge >= 0.3 is 12.1 Å². The van der Waals surface area contributed by atoms with E-state index in [0.717, 1.165) is 22.3 Å². The molecular formula is C23H26N2O7. The number of ether oxygens (including phenoxy) is 2. The van der Waals surface area contributed by atoms with Crippen LogP contribution in [0.3, 0.4) is 0 Å². The number of amides is 2. The third kappa shape index (κ3) is 5.06. The molecule has 3 atom stereocenters. The lowest BCUT2D eigenvalue weighted by atomic mass is 9.98. The van der Waals surface area contributed by atoms with Gasteiger partial charge < -0.3 is 30.3 Å². The minimum atomic E-state index is -1.76. The third-order valence-electron chi connectivity index (χ3n) is 5.50. The Balaban J connectivity index is 1.64. The number of nitrogens with one attached hydrogen (secondary N) is 2. The van der Waals surface area contributed by atoms with E-state index in [2.05, 4.69) is 10.6 Å². The topological polar surface area (TPSA) is 134 Å². The van der Waals surface area contributed by atoms with Gasteiger partial charge in [0.25, 0.3) is 0 Å². The molecule has 0 bridgehead atoms. The van der Waals surface area contributed by atoms with Crippen LogP contribution in [-0.2, 0) is 19.1 Å². The van der Waals surface area contributed by atoms with Crippen LogP contribution < -0.4 is 10.6 Å². The highest BCUT2D eigenvalue weighted by Crippen LogP contribution is 2.44. The Labute approximate surface area is 185 Å². The van der Waals surface area contributed by atoms with E-state index in [-0.39, 0.29) is 12.5 Å². The summed E-state index contributed by atoms with van der Waals surface area (Å²) in [7, 11) is 1.37. The zero-order valence-electron chi connectivity index (χ0n) is 17.8. The number of aliphatic hydroxyl groups excluding tert-OH is 1. The van der Waals surface area contributed by atoms with Crippen LogP contribution in [0.5, 0.6) is 0 Å². The molecule has 0 heterocycles. The maximum absolute atomic E-state index is 12.5. The smallest absolute Gasteiger partial charge is 0.407 e. The number of carbonyl (C=O) groups excluding carboxylic acids is 2. The van der Waals surface area contributed by atoms with Crippen molar-refractivity contribution in [3.8, 4) is 11.1 Å². The predicted octanol–water partition coefficient (Wildman–Crippen LogP) is 1.49. The summed E-state index contributed by atoms with van der Waals surface area (Å²) < 4.78 is 10.6. The van der Waals surface area contributed by atoms with Crippen LogP contribution in [0.2, 0.25) is 0 Å².